The lowest BCUT2D eigenvalue weighted by atomic mass is 10.0. The highest BCUT2D eigenvalue weighted by Gasteiger charge is 2.32. The lowest BCUT2D eigenvalue weighted by Crippen LogP contribution is -2.59. The number of nitrogens with one attached hydrogen (secondary N) is 3. The quantitative estimate of drug-likeness (QED) is 0.175. The van der Waals surface area contributed by atoms with Crippen molar-refractivity contribution in [1.82, 2.24) is 16.0 Å². The van der Waals surface area contributed by atoms with Crippen molar-refractivity contribution in [2.45, 2.75) is 57.8 Å². The Kier molecular flexibility index (Phi) is 10.7. The SMILES string of the molecule is CC(C)CC(NC(=O)C(NC(=O)C(CC(N)=O)NC(=O)CN)C(C)O)C(=O)O. The molecule has 0 aromatic rings. The Bertz CT molecular complexity index is 594. The van der Waals surface area contributed by atoms with Gasteiger partial charge in [0.25, 0.3) is 0 Å². The van der Waals surface area contributed by atoms with Crippen molar-refractivity contribution in [1.29, 1.82) is 0 Å². The number of primary amides is 1. The molecule has 0 bridgehead atoms. The molecular formula is C16H29N5O7. The number of aliphatic hydroxyl groups excluding tert-OH is 1. The van der Waals surface area contributed by atoms with Crippen LogP contribution in [0.15, 0.2) is 0 Å². The predicted octanol–water partition coefficient (Wildman–Crippen LogP) is -3.21. The minimum atomic E-state index is -1.52. The molecule has 0 aliphatic rings. The third-order valence-electron chi connectivity index (χ3n) is 3.63. The number of carboxylic acids is 1. The predicted molar refractivity (Wildman–Crippen MR) is 97.4 cm³/mol. The van der Waals surface area contributed by atoms with Crippen LogP contribution in [0.1, 0.15) is 33.6 Å². The van der Waals surface area contributed by atoms with Gasteiger partial charge < -0.3 is 37.6 Å². The van der Waals surface area contributed by atoms with Gasteiger partial charge in [-0.15, -0.1) is 0 Å². The van der Waals surface area contributed by atoms with Crippen molar-refractivity contribution < 1.29 is 34.2 Å². The van der Waals surface area contributed by atoms with E-state index in [-0.39, 0.29) is 12.3 Å². The van der Waals surface area contributed by atoms with Crippen LogP contribution in [0.4, 0.5) is 0 Å². The number of nitrogens with two attached hydrogens (primary N) is 2. The minimum Gasteiger partial charge on any atom is -0.480 e. The summed E-state index contributed by atoms with van der Waals surface area (Å²) >= 11 is 0. The Morgan fingerprint density at radius 2 is 1.50 bits per heavy atom. The van der Waals surface area contributed by atoms with Crippen LogP contribution in [0.25, 0.3) is 0 Å². The van der Waals surface area contributed by atoms with E-state index in [4.69, 9.17) is 11.5 Å². The molecule has 28 heavy (non-hydrogen) atoms. The van der Waals surface area contributed by atoms with Gasteiger partial charge in [0.2, 0.25) is 23.6 Å². The molecule has 160 valence electrons. The van der Waals surface area contributed by atoms with Gasteiger partial charge in [0.1, 0.15) is 18.1 Å². The topological polar surface area (TPSA) is 214 Å². The molecule has 0 rings (SSSR count). The summed E-state index contributed by atoms with van der Waals surface area (Å²) in [6.07, 6.45) is -1.81. The third kappa shape index (κ3) is 9.28. The number of amides is 4. The standard InChI is InChI=1S/C16H29N5O7/c1-7(2)4-10(16(27)28)20-15(26)13(8(3)22)21-14(25)9(5-11(18)23)19-12(24)6-17/h7-10,13,22H,4-6,17H2,1-3H3,(H2,18,23)(H,19,24)(H,20,26)(H,21,25)(H,27,28). The average molecular weight is 403 g/mol. The number of rotatable bonds is 12. The van der Waals surface area contributed by atoms with E-state index in [2.05, 4.69) is 16.0 Å². The number of carbonyl (C=O) groups excluding carboxylic acids is 4. The van der Waals surface area contributed by atoms with Crippen LogP contribution in [-0.2, 0) is 24.0 Å². The zero-order valence-corrected chi connectivity index (χ0v) is 16.1. The van der Waals surface area contributed by atoms with Gasteiger partial charge in [-0.05, 0) is 19.3 Å². The summed E-state index contributed by atoms with van der Waals surface area (Å²) in [5.74, 6) is -4.82. The maximum atomic E-state index is 12.4. The van der Waals surface area contributed by atoms with Gasteiger partial charge in [-0.25, -0.2) is 4.79 Å². The molecule has 4 amide bonds. The Morgan fingerprint density at radius 1 is 0.929 bits per heavy atom. The zero-order chi connectivity index (χ0) is 22.0. The molecule has 0 fully saturated rings. The number of aliphatic carboxylic acids is 1. The van der Waals surface area contributed by atoms with Crippen LogP contribution in [0.5, 0.6) is 0 Å². The second kappa shape index (κ2) is 11.9. The molecular weight excluding hydrogens is 374 g/mol. The van der Waals surface area contributed by atoms with Gasteiger partial charge in [0, 0.05) is 0 Å². The number of carboxylic acid groups (broad SMARTS) is 1. The van der Waals surface area contributed by atoms with E-state index < -0.39 is 66.8 Å². The van der Waals surface area contributed by atoms with Crippen LogP contribution >= 0.6 is 0 Å². The molecule has 12 nitrogen and oxygen atoms in total. The van der Waals surface area contributed by atoms with E-state index in [0.29, 0.717) is 0 Å². The van der Waals surface area contributed by atoms with Gasteiger partial charge in [0.15, 0.2) is 0 Å². The molecule has 0 aliphatic carbocycles. The Balaban J connectivity index is 5.30. The maximum absolute atomic E-state index is 12.4. The first-order valence-electron chi connectivity index (χ1n) is 8.68. The molecule has 0 spiro atoms. The number of aliphatic hydroxyl groups is 1. The van der Waals surface area contributed by atoms with Crippen LogP contribution in [-0.4, -0.2) is 70.6 Å². The first-order chi connectivity index (χ1) is 12.9. The van der Waals surface area contributed by atoms with Gasteiger partial charge in [0.05, 0.1) is 19.1 Å². The van der Waals surface area contributed by atoms with Gasteiger partial charge in [-0.1, -0.05) is 13.8 Å². The maximum Gasteiger partial charge on any atom is 0.326 e. The summed E-state index contributed by atoms with van der Waals surface area (Å²) in [6.45, 7) is 4.30. The Hall–Kier alpha value is -2.73. The molecule has 0 saturated heterocycles. The van der Waals surface area contributed by atoms with E-state index in [9.17, 15) is 34.2 Å². The first-order valence-corrected chi connectivity index (χ1v) is 8.68. The summed E-state index contributed by atoms with van der Waals surface area (Å²) in [4.78, 5) is 58.6. The Labute approximate surface area is 162 Å². The third-order valence-corrected chi connectivity index (χ3v) is 3.63. The monoisotopic (exact) mass is 403 g/mol. The van der Waals surface area contributed by atoms with E-state index in [0.717, 1.165) is 0 Å². The molecule has 12 heteroatoms. The summed E-state index contributed by atoms with van der Waals surface area (Å²) in [5.41, 5.74) is 10.2. The van der Waals surface area contributed by atoms with Crippen molar-refractivity contribution in [3.05, 3.63) is 0 Å². The summed E-state index contributed by atoms with van der Waals surface area (Å²) < 4.78 is 0. The molecule has 0 heterocycles. The van der Waals surface area contributed by atoms with Crippen LogP contribution in [0.3, 0.4) is 0 Å². The number of hydrogen-bond acceptors (Lipinski definition) is 7. The zero-order valence-electron chi connectivity index (χ0n) is 16.1. The van der Waals surface area contributed by atoms with Gasteiger partial charge in [-0.3, -0.25) is 19.2 Å². The fourth-order valence-electron chi connectivity index (χ4n) is 2.28. The molecule has 0 aromatic heterocycles. The molecule has 0 aliphatic heterocycles. The summed E-state index contributed by atoms with van der Waals surface area (Å²) in [6, 6.07) is -4.15. The average Bonchev–Trinajstić information content (AvgIpc) is 2.56. The molecule has 4 atom stereocenters. The molecule has 0 saturated carbocycles. The first kappa shape index (κ1) is 25.3. The fraction of sp³-hybridized carbons (Fsp3) is 0.688. The lowest BCUT2D eigenvalue weighted by molar-refractivity contribution is -0.143. The second-order valence-corrected chi connectivity index (χ2v) is 6.75. The summed E-state index contributed by atoms with van der Waals surface area (Å²) in [5, 5.41) is 25.7. The number of hydrogen-bond donors (Lipinski definition) is 7. The highest BCUT2D eigenvalue weighted by molar-refractivity contribution is 5.95. The van der Waals surface area contributed by atoms with Crippen molar-refractivity contribution in [3.8, 4) is 0 Å². The second-order valence-electron chi connectivity index (χ2n) is 6.75. The van der Waals surface area contributed by atoms with Crippen LogP contribution in [0.2, 0.25) is 0 Å². The molecule has 9 N–H and O–H groups in total. The minimum absolute atomic E-state index is 0.0348. The Morgan fingerprint density at radius 3 is 1.89 bits per heavy atom. The molecule has 0 radical (unpaired) electrons. The van der Waals surface area contributed by atoms with Crippen molar-refractivity contribution >= 4 is 29.6 Å². The largest absolute Gasteiger partial charge is 0.480 e. The highest BCUT2D eigenvalue weighted by Crippen LogP contribution is 2.06. The number of carbonyl (C=O) groups is 5. The molecule has 4 unspecified atom stereocenters. The molecule has 0 aromatic carbocycles. The lowest BCUT2D eigenvalue weighted by Gasteiger charge is -2.26. The summed E-state index contributed by atoms with van der Waals surface area (Å²) in [7, 11) is 0. The van der Waals surface area contributed by atoms with Crippen molar-refractivity contribution in [2.75, 3.05) is 6.54 Å². The van der Waals surface area contributed by atoms with Crippen molar-refractivity contribution in [3.63, 3.8) is 0 Å². The van der Waals surface area contributed by atoms with Crippen LogP contribution in [0, 0.1) is 5.92 Å². The van der Waals surface area contributed by atoms with Gasteiger partial charge in [-0.2, -0.15) is 0 Å². The van der Waals surface area contributed by atoms with E-state index in [1.807, 2.05) is 0 Å². The van der Waals surface area contributed by atoms with E-state index in [1.54, 1.807) is 13.8 Å². The smallest absolute Gasteiger partial charge is 0.326 e. The normalized spacial score (nSPS) is 15.1. The van der Waals surface area contributed by atoms with E-state index in [1.165, 1.54) is 6.92 Å². The van der Waals surface area contributed by atoms with E-state index >= 15 is 0 Å². The fourth-order valence-corrected chi connectivity index (χ4v) is 2.28. The highest BCUT2D eigenvalue weighted by atomic mass is 16.4. The van der Waals surface area contributed by atoms with Crippen LogP contribution < -0.4 is 27.4 Å². The van der Waals surface area contributed by atoms with Gasteiger partial charge >= 0.3 is 5.97 Å². The van der Waals surface area contributed by atoms with Crippen molar-refractivity contribution in [2.24, 2.45) is 17.4 Å².